The highest BCUT2D eigenvalue weighted by Gasteiger charge is 2.19. The van der Waals surface area contributed by atoms with Gasteiger partial charge in [-0.1, -0.05) is 37.3 Å². The van der Waals surface area contributed by atoms with Crippen molar-refractivity contribution in [2.45, 2.75) is 19.4 Å². The molecule has 0 aliphatic heterocycles. The van der Waals surface area contributed by atoms with Crippen molar-refractivity contribution in [3.8, 4) is 0 Å². The average molecular weight is 251 g/mol. The Balaban J connectivity index is 2.53. The number of ether oxygens (including phenoxy) is 1. The first-order valence-corrected chi connectivity index (χ1v) is 6.15. The summed E-state index contributed by atoms with van der Waals surface area (Å²) >= 11 is 0. The van der Waals surface area contributed by atoms with Crippen molar-refractivity contribution in [1.82, 2.24) is 5.32 Å². The zero-order valence-electron chi connectivity index (χ0n) is 10.9. The van der Waals surface area contributed by atoms with Crippen LogP contribution in [-0.2, 0) is 9.53 Å². The fraction of sp³-hybridized carbons (Fsp3) is 0.500. The quantitative estimate of drug-likeness (QED) is 0.772. The Kier molecular flexibility index (Phi) is 6.39. The lowest BCUT2D eigenvalue weighted by atomic mass is 10.1. The predicted octanol–water partition coefficient (Wildman–Crippen LogP) is 1.51. The maximum atomic E-state index is 12.0. The molecule has 0 aromatic heterocycles. The van der Waals surface area contributed by atoms with Crippen molar-refractivity contribution >= 4 is 5.91 Å². The number of hydrogen-bond donors (Lipinski definition) is 2. The van der Waals surface area contributed by atoms with Gasteiger partial charge in [-0.25, -0.2) is 0 Å². The number of aliphatic hydroxyl groups is 1. The third-order valence-corrected chi connectivity index (χ3v) is 2.82. The van der Waals surface area contributed by atoms with Crippen LogP contribution in [-0.4, -0.2) is 31.3 Å². The first kappa shape index (κ1) is 14.7. The van der Waals surface area contributed by atoms with Gasteiger partial charge in [-0.05, 0) is 17.9 Å². The van der Waals surface area contributed by atoms with Crippen LogP contribution in [0.25, 0.3) is 0 Å². The summed E-state index contributed by atoms with van der Waals surface area (Å²) in [5.41, 5.74) is 0.840. The van der Waals surface area contributed by atoms with Crippen LogP contribution in [0.15, 0.2) is 30.3 Å². The summed E-state index contributed by atoms with van der Waals surface area (Å²) in [6.07, 6.45) is 0.107. The van der Waals surface area contributed by atoms with Crippen molar-refractivity contribution in [3.63, 3.8) is 0 Å². The minimum atomic E-state index is -0.576. The molecule has 1 aromatic carbocycles. The van der Waals surface area contributed by atoms with Gasteiger partial charge in [-0.2, -0.15) is 0 Å². The number of aliphatic hydroxyl groups excluding tert-OH is 1. The molecule has 4 nitrogen and oxygen atoms in total. The zero-order chi connectivity index (χ0) is 13.4. The summed E-state index contributed by atoms with van der Waals surface area (Å²) in [7, 11) is 1.52. The maximum absolute atomic E-state index is 12.0. The van der Waals surface area contributed by atoms with Crippen molar-refractivity contribution in [1.29, 1.82) is 0 Å². The van der Waals surface area contributed by atoms with E-state index in [-0.39, 0.29) is 18.4 Å². The van der Waals surface area contributed by atoms with E-state index in [1.54, 1.807) is 0 Å². The summed E-state index contributed by atoms with van der Waals surface area (Å²) in [6.45, 7) is 2.68. The molecule has 0 spiro atoms. The molecular formula is C14H21NO3. The Morgan fingerprint density at radius 2 is 2.06 bits per heavy atom. The van der Waals surface area contributed by atoms with E-state index in [1.165, 1.54) is 7.11 Å². The monoisotopic (exact) mass is 251 g/mol. The molecule has 100 valence electrons. The van der Waals surface area contributed by atoms with Gasteiger partial charge < -0.3 is 15.2 Å². The Bertz CT molecular complexity index is 353. The van der Waals surface area contributed by atoms with E-state index < -0.39 is 6.10 Å². The highest BCUT2D eigenvalue weighted by Crippen LogP contribution is 2.16. The zero-order valence-corrected chi connectivity index (χ0v) is 10.9. The third kappa shape index (κ3) is 4.47. The SMILES string of the molecule is COC(C(=O)NCC(C)CCO)c1ccccc1. The minimum Gasteiger partial charge on any atom is -0.396 e. The number of nitrogens with one attached hydrogen (secondary N) is 1. The van der Waals surface area contributed by atoms with Gasteiger partial charge in [0.05, 0.1) is 0 Å². The Morgan fingerprint density at radius 1 is 1.39 bits per heavy atom. The van der Waals surface area contributed by atoms with E-state index in [1.807, 2.05) is 37.3 Å². The van der Waals surface area contributed by atoms with Crippen LogP contribution in [0.2, 0.25) is 0 Å². The first-order chi connectivity index (χ1) is 8.69. The van der Waals surface area contributed by atoms with E-state index >= 15 is 0 Å². The maximum Gasteiger partial charge on any atom is 0.253 e. The summed E-state index contributed by atoms with van der Waals surface area (Å²) in [4.78, 5) is 12.0. The predicted molar refractivity (Wildman–Crippen MR) is 70.1 cm³/mol. The van der Waals surface area contributed by atoms with Crippen molar-refractivity contribution in [2.75, 3.05) is 20.3 Å². The number of benzene rings is 1. The molecule has 1 rings (SSSR count). The molecule has 18 heavy (non-hydrogen) atoms. The van der Waals surface area contributed by atoms with E-state index in [4.69, 9.17) is 9.84 Å². The summed E-state index contributed by atoms with van der Waals surface area (Å²) < 4.78 is 5.23. The number of hydrogen-bond acceptors (Lipinski definition) is 3. The highest BCUT2D eigenvalue weighted by atomic mass is 16.5. The molecule has 0 radical (unpaired) electrons. The van der Waals surface area contributed by atoms with E-state index in [9.17, 15) is 4.79 Å². The molecule has 2 atom stereocenters. The van der Waals surface area contributed by atoms with Crippen LogP contribution in [0.5, 0.6) is 0 Å². The lowest BCUT2D eigenvalue weighted by molar-refractivity contribution is -0.131. The summed E-state index contributed by atoms with van der Waals surface area (Å²) in [5.74, 6) is 0.112. The fourth-order valence-electron chi connectivity index (χ4n) is 1.71. The topological polar surface area (TPSA) is 58.6 Å². The summed E-state index contributed by atoms with van der Waals surface area (Å²) in [5, 5.41) is 11.6. The van der Waals surface area contributed by atoms with Gasteiger partial charge in [0.2, 0.25) is 0 Å². The van der Waals surface area contributed by atoms with Crippen LogP contribution in [0.3, 0.4) is 0 Å². The van der Waals surface area contributed by atoms with Gasteiger partial charge in [0.25, 0.3) is 5.91 Å². The lowest BCUT2D eigenvalue weighted by Gasteiger charge is -2.17. The van der Waals surface area contributed by atoms with Crippen LogP contribution in [0.4, 0.5) is 0 Å². The second-order valence-electron chi connectivity index (χ2n) is 4.39. The number of rotatable bonds is 7. The van der Waals surface area contributed by atoms with E-state index in [0.29, 0.717) is 13.0 Å². The van der Waals surface area contributed by atoms with Crippen LogP contribution in [0.1, 0.15) is 25.0 Å². The molecule has 4 heteroatoms. The number of carbonyl (C=O) groups is 1. The van der Waals surface area contributed by atoms with Gasteiger partial charge in [0.1, 0.15) is 0 Å². The third-order valence-electron chi connectivity index (χ3n) is 2.82. The smallest absolute Gasteiger partial charge is 0.253 e. The molecule has 0 aliphatic rings. The van der Waals surface area contributed by atoms with Crippen LogP contribution >= 0.6 is 0 Å². The standard InChI is InChI=1S/C14H21NO3/c1-11(8-9-16)10-15-14(17)13(18-2)12-6-4-3-5-7-12/h3-7,11,13,16H,8-10H2,1-2H3,(H,15,17). The molecule has 2 unspecified atom stereocenters. The van der Waals surface area contributed by atoms with E-state index in [2.05, 4.69) is 5.32 Å². The van der Waals surface area contributed by atoms with Gasteiger partial charge >= 0.3 is 0 Å². The highest BCUT2D eigenvalue weighted by molar-refractivity contribution is 5.82. The molecule has 0 saturated heterocycles. The molecule has 0 heterocycles. The molecular weight excluding hydrogens is 230 g/mol. The van der Waals surface area contributed by atoms with Crippen LogP contribution in [0, 0.1) is 5.92 Å². The second kappa shape index (κ2) is 7.84. The molecule has 1 aromatic rings. The van der Waals surface area contributed by atoms with Crippen molar-refractivity contribution in [3.05, 3.63) is 35.9 Å². The van der Waals surface area contributed by atoms with Crippen molar-refractivity contribution in [2.24, 2.45) is 5.92 Å². The van der Waals surface area contributed by atoms with Gasteiger partial charge in [-0.3, -0.25) is 4.79 Å². The van der Waals surface area contributed by atoms with Crippen molar-refractivity contribution < 1.29 is 14.6 Å². The normalized spacial score (nSPS) is 13.9. The fourth-order valence-corrected chi connectivity index (χ4v) is 1.71. The molecule has 1 amide bonds. The number of carbonyl (C=O) groups excluding carboxylic acids is 1. The summed E-state index contributed by atoms with van der Waals surface area (Å²) in [6, 6.07) is 9.39. The Morgan fingerprint density at radius 3 is 2.61 bits per heavy atom. The minimum absolute atomic E-state index is 0.142. The molecule has 0 fully saturated rings. The van der Waals surface area contributed by atoms with Gasteiger partial charge in [0.15, 0.2) is 6.10 Å². The molecule has 2 N–H and O–H groups in total. The first-order valence-electron chi connectivity index (χ1n) is 6.15. The van der Waals surface area contributed by atoms with E-state index in [0.717, 1.165) is 5.56 Å². The van der Waals surface area contributed by atoms with Gasteiger partial charge in [-0.15, -0.1) is 0 Å². The second-order valence-corrected chi connectivity index (χ2v) is 4.39. The van der Waals surface area contributed by atoms with Gasteiger partial charge in [0, 0.05) is 20.3 Å². The largest absolute Gasteiger partial charge is 0.396 e. The number of methoxy groups -OCH3 is 1. The van der Waals surface area contributed by atoms with Crippen LogP contribution < -0.4 is 5.32 Å². The Hall–Kier alpha value is -1.39. The lowest BCUT2D eigenvalue weighted by Crippen LogP contribution is -2.33. The Labute approximate surface area is 108 Å². The molecule has 0 aliphatic carbocycles. The number of amides is 1. The molecule has 0 saturated carbocycles. The molecule has 0 bridgehead atoms. The average Bonchev–Trinajstić information content (AvgIpc) is 2.39.